The Morgan fingerprint density at radius 1 is 1.65 bits per heavy atom. The molecule has 2 rings (SSSR count). The van der Waals surface area contributed by atoms with E-state index in [2.05, 4.69) is 15.6 Å². The van der Waals surface area contributed by atoms with Gasteiger partial charge in [0.05, 0.1) is 10.5 Å². The van der Waals surface area contributed by atoms with Crippen LogP contribution >= 0.6 is 11.6 Å². The summed E-state index contributed by atoms with van der Waals surface area (Å²) in [7, 11) is 0. The van der Waals surface area contributed by atoms with E-state index < -0.39 is 10.8 Å². The van der Waals surface area contributed by atoms with Crippen molar-refractivity contribution in [2.75, 3.05) is 19.6 Å². The largest absolute Gasteiger partial charge is 0.352 e. The number of carbonyl (C=O) groups excluding carboxylic acids is 1. The van der Waals surface area contributed by atoms with Crippen molar-refractivity contribution in [1.82, 2.24) is 15.6 Å². The van der Waals surface area contributed by atoms with E-state index in [1.807, 2.05) is 0 Å². The first kappa shape index (κ1) is 14.7. The van der Waals surface area contributed by atoms with Gasteiger partial charge < -0.3 is 10.6 Å². The number of halogens is 1. The Labute approximate surface area is 120 Å². The molecule has 0 aliphatic carbocycles. The number of aromatic nitrogens is 1. The first-order chi connectivity index (χ1) is 9.58. The summed E-state index contributed by atoms with van der Waals surface area (Å²) in [4.78, 5) is 25.7. The lowest BCUT2D eigenvalue weighted by atomic mass is 10.00. The Balaban J connectivity index is 2.00. The van der Waals surface area contributed by atoms with Gasteiger partial charge in [0.15, 0.2) is 0 Å². The summed E-state index contributed by atoms with van der Waals surface area (Å²) >= 11 is 5.81. The third kappa shape index (κ3) is 3.64. The van der Waals surface area contributed by atoms with Crippen LogP contribution in [0.25, 0.3) is 0 Å². The van der Waals surface area contributed by atoms with E-state index in [0.29, 0.717) is 12.5 Å². The highest BCUT2D eigenvalue weighted by atomic mass is 35.5. The van der Waals surface area contributed by atoms with Gasteiger partial charge in [-0.15, -0.1) is 0 Å². The van der Waals surface area contributed by atoms with Gasteiger partial charge in [-0.1, -0.05) is 11.6 Å². The second-order valence-electron chi connectivity index (χ2n) is 4.71. The molecule has 1 aliphatic heterocycles. The summed E-state index contributed by atoms with van der Waals surface area (Å²) < 4.78 is 0. The summed E-state index contributed by atoms with van der Waals surface area (Å²) in [5.41, 5.74) is -0.219. The van der Waals surface area contributed by atoms with Gasteiger partial charge >= 0.3 is 0 Å². The molecular weight excluding hydrogens is 284 g/mol. The fourth-order valence-corrected chi connectivity index (χ4v) is 2.32. The fraction of sp³-hybridized carbons (Fsp3) is 0.500. The zero-order chi connectivity index (χ0) is 14.5. The van der Waals surface area contributed by atoms with Gasteiger partial charge in [0, 0.05) is 12.6 Å². The van der Waals surface area contributed by atoms with E-state index in [0.717, 1.165) is 38.2 Å². The Bertz CT molecular complexity index is 517. The quantitative estimate of drug-likeness (QED) is 0.497. The second kappa shape index (κ2) is 6.62. The van der Waals surface area contributed by atoms with Crippen LogP contribution in [0.15, 0.2) is 12.3 Å². The predicted molar refractivity (Wildman–Crippen MR) is 73.8 cm³/mol. The number of piperidine rings is 1. The fourth-order valence-electron chi connectivity index (χ4n) is 2.13. The van der Waals surface area contributed by atoms with Crippen LogP contribution in [0, 0.1) is 16.0 Å². The Hall–Kier alpha value is -1.73. The lowest BCUT2D eigenvalue weighted by molar-refractivity contribution is -0.385. The Kier molecular flexibility index (Phi) is 4.86. The summed E-state index contributed by atoms with van der Waals surface area (Å²) in [6.45, 7) is 2.39. The van der Waals surface area contributed by atoms with E-state index in [9.17, 15) is 14.9 Å². The van der Waals surface area contributed by atoms with Crippen LogP contribution in [0.3, 0.4) is 0 Å². The number of rotatable bonds is 4. The second-order valence-corrected chi connectivity index (χ2v) is 5.07. The number of nitro groups is 1. The van der Waals surface area contributed by atoms with Gasteiger partial charge in [0.25, 0.3) is 11.6 Å². The van der Waals surface area contributed by atoms with Crippen LogP contribution in [0.4, 0.5) is 5.69 Å². The molecule has 0 bridgehead atoms. The van der Waals surface area contributed by atoms with Crippen LogP contribution < -0.4 is 10.6 Å². The van der Waals surface area contributed by atoms with Crippen molar-refractivity contribution in [3.63, 3.8) is 0 Å². The zero-order valence-electron chi connectivity index (χ0n) is 10.8. The maximum absolute atomic E-state index is 12.0. The maximum Gasteiger partial charge on any atom is 0.288 e. The molecule has 1 amide bonds. The molecule has 1 atom stereocenters. The molecule has 1 fully saturated rings. The molecule has 0 radical (unpaired) electrons. The first-order valence-corrected chi connectivity index (χ1v) is 6.74. The summed E-state index contributed by atoms with van der Waals surface area (Å²) in [5.74, 6) is -0.0603. The average Bonchev–Trinajstić information content (AvgIpc) is 2.46. The highest BCUT2D eigenvalue weighted by Gasteiger charge is 2.19. The van der Waals surface area contributed by atoms with Crippen LogP contribution in [0.2, 0.25) is 5.15 Å². The minimum absolute atomic E-state index is 0.0321. The predicted octanol–water partition coefficient (Wildman–Crippen LogP) is 1.37. The molecule has 1 saturated heterocycles. The molecule has 2 heterocycles. The normalized spacial score (nSPS) is 18.6. The lowest BCUT2D eigenvalue weighted by Gasteiger charge is -2.22. The molecule has 8 heteroatoms. The summed E-state index contributed by atoms with van der Waals surface area (Å²) in [5, 5.41) is 16.6. The minimum atomic E-state index is -0.606. The topological polar surface area (TPSA) is 97.2 Å². The van der Waals surface area contributed by atoms with E-state index in [4.69, 9.17) is 11.6 Å². The van der Waals surface area contributed by atoms with Crippen LogP contribution in [-0.4, -0.2) is 35.4 Å². The molecule has 7 nitrogen and oxygen atoms in total. The van der Waals surface area contributed by atoms with E-state index in [-0.39, 0.29) is 16.4 Å². The number of hydrogen-bond donors (Lipinski definition) is 2. The van der Waals surface area contributed by atoms with Crippen molar-refractivity contribution in [3.8, 4) is 0 Å². The minimum Gasteiger partial charge on any atom is -0.352 e. The van der Waals surface area contributed by atoms with Gasteiger partial charge in [0.2, 0.25) is 0 Å². The van der Waals surface area contributed by atoms with Crippen molar-refractivity contribution < 1.29 is 9.72 Å². The van der Waals surface area contributed by atoms with E-state index >= 15 is 0 Å². The standard InChI is InChI=1S/C12H15ClN4O3/c13-11-10(4-9(7-15-11)17(19)20)12(18)16-6-8-2-1-3-14-5-8/h4,7-8,14H,1-3,5-6H2,(H,16,18). The molecule has 20 heavy (non-hydrogen) atoms. The molecule has 0 saturated carbocycles. The summed E-state index contributed by atoms with van der Waals surface area (Å²) in [6.07, 6.45) is 3.16. The molecule has 0 spiro atoms. The molecular formula is C12H15ClN4O3. The van der Waals surface area contributed by atoms with Crippen LogP contribution in [0.5, 0.6) is 0 Å². The first-order valence-electron chi connectivity index (χ1n) is 6.37. The van der Waals surface area contributed by atoms with Crippen molar-refractivity contribution in [3.05, 3.63) is 33.1 Å². The molecule has 1 aliphatic rings. The van der Waals surface area contributed by atoms with Crippen molar-refractivity contribution in [1.29, 1.82) is 0 Å². The third-order valence-electron chi connectivity index (χ3n) is 3.23. The molecule has 0 aromatic carbocycles. The number of hydrogen-bond acceptors (Lipinski definition) is 5. The molecule has 2 N–H and O–H groups in total. The number of carbonyl (C=O) groups is 1. The monoisotopic (exact) mass is 298 g/mol. The zero-order valence-corrected chi connectivity index (χ0v) is 11.5. The van der Waals surface area contributed by atoms with E-state index in [1.54, 1.807) is 0 Å². The highest BCUT2D eigenvalue weighted by molar-refractivity contribution is 6.32. The van der Waals surface area contributed by atoms with Crippen molar-refractivity contribution >= 4 is 23.2 Å². The summed E-state index contributed by atoms with van der Waals surface area (Å²) in [6, 6.07) is 1.14. The highest BCUT2D eigenvalue weighted by Crippen LogP contribution is 2.19. The number of nitrogens with zero attached hydrogens (tertiary/aromatic N) is 2. The molecule has 1 aromatic rings. The van der Waals surface area contributed by atoms with Gasteiger partial charge in [-0.3, -0.25) is 14.9 Å². The number of nitrogens with one attached hydrogen (secondary N) is 2. The average molecular weight is 299 g/mol. The molecule has 108 valence electrons. The van der Waals surface area contributed by atoms with Crippen molar-refractivity contribution in [2.45, 2.75) is 12.8 Å². The van der Waals surface area contributed by atoms with E-state index in [1.165, 1.54) is 0 Å². The van der Waals surface area contributed by atoms with Gasteiger partial charge in [0.1, 0.15) is 11.3 Å². The van der Waals surface area contributed by atoms with Crippen LogP contribution in [-0.2, 0) is 0 Å². The SMILES string of the molecule is O=C(NCC1CCCNC1)c1cc([N+](=O)[O-])cnc1Cl. The van der Waals surface area contributed by atoms with Gasteiger partial charge in [-0.05, 0) is 31.8 Å². The Morgan fingerprint density at radius 3 is 3.10 bits per heavy atom. The number of pyridine rings is 1. The lowest BCUT2D eigenvalue weighted by Crippen LogP contribution is -2.38. The van der Waals surface area contributed by atoms with Gasteiger partial charge in [-0.2, -0.15) is 0 Å². The Morgan fingerprint density at radius 2 is 2.45 bits per heavy atom. The maximum atomic E-state index is 12.0. The van der Waals surface area contributed by atoms with Crippen molar-refractivity contribution in [2.24, 2.45) is 5.92 Å². The third-order valence-corrected chi connectivity index (χ3v) is 3.53. The molecule has 1 aromatic heterocycles. The van der Waals surface area contributed by atoms with Gasteiger partial charge in [-0.25, -0.2) is 4.98 Å². The molecule has 1 unspecified atom stereocenters. The van der Waals surface area contributed by atoms with Crippen LogP contribution in [0.1, 0.15) is 23.2 Å². The smallest absolute Gasteiger partial charge is 0.288 e. The number of amides is 1.